The lowest BCUT2D eigenvalue weighted by molar-refractivity contribution is -0.136. The Bertz CT molecular complexity index is 340. The number of aromatic nitrogens is 1. The van der Waals surface area contributed by atoms with Crippen molar-refractivity contribution in [1.29, 1.82) is 0 Å². The minimum Gasteiger partial charge on any atom is -0.481 e. The topological polar surface area (TPSA) is 50.2 Å². The van der Waals surface area contributed by atoms with Crippen molar-refractivity contribution in [2.24, 2.45) is 0 Å². The summed E-state index contributed by atoms with van der Waals surface area (Å²) in [6.45, 7) is 3.78. The predicted molar refractivity (Wildman–Crippen MR) is 54.7 cm³/mol. The first-order chi connectivity index (χ1) is 6.50. The number of carboxylic acid groups (broad SMARTS) is 1. The summed E-state index contributed by atoms with van der Waals surface area (Å²) in [6.07, 6.45) is 0.526. The maximum absolute atomic E-state index is 10.4. The largest absolute Gasteiger partial charge is 0.481 e. The van der Waals surface area contributed by atoms with Gasteiger partial charge in [-0.1, -0.05) is 11.6 Å². The standard InChI is InChI=1S/C10H12ClNO2/c1-6-5-7(2)12-10(11)8(6)3-4-9(13)14/h5H,3-4H2,1-2H3,(H,13,14). The molecule has 1 rings (SSSR count). The number of nitrogens with zero attached hydrogens (tertiary/aromatic N) is 1. The third kappa shape index (κ3) is 2.70. The van der Waals surface area contributed by atoms with Crippen LogP contribution in [0.2, 0.25) is 5.15 Å². The molecule has 1 heterocycles. The normalized spacial score (nSPS) is 10.2. The summed E-state index contributed by atoms with van der Waals surface area (Å²) < 4.78 is 0. The monoisotopic (exact) mass is 213 g/mol. The first-order valence-corrected chi connectivity index (χ1v) is 4.73. The Hall–Kier alpha value is -1.09. The molecule has 0 aliphatic carbocycles. The van der Waals surface area contributed by atoms with E-state index < -0.39 is 5.97 Å². The van der Waals surface area contributed by atoms with Crippen molar-refractivity contribution in [3.8, 4) is 0 Å². The first-order valence-electron chi connectivity index (χ1n) is 4.35. The SMILES string of the molecule is Cc1cc(C)c(CCC(=O)O)c(Cl)n1. The number of hydrogen-bond acceptors (Lipinski definition) is 2. The zero-order valence-electron chi connectivity index (χ0n) is 8.17. The van der Waals surface area contributed by atoms with E-state index in [9.17, 15) is 4.79 Å². The average Bonchev–Trinajstić information content (AvgIpc) is 2.01. The summed E-state index contributed by atoms with van der Waals surface area (Å²) in [5.74, 6) is -0.818. The van der Waals surface area contributed by atoms with E-state index >= 15 is 0 Å². The summed E-state index contributed by atoms with van der Waals surface area (Å²) in [4.78, 5) is 14.5. The second-order valence-electron chi connectivity index (χ2n) is 3.24. The van der Waals surface area contributed by atoms with E-state index in [4.69, 9.17) is 16.7 Å². The molecule has 0 spiro atoms. The Morgan fingerprint density at radius 3 is 2.71 bits per heavy atom. The van der Waals surface area contributed by atoms with Gasteiger partial charge in [-0.2, -0.15) is 0 Å². The maximum atomic E-state index is 10.4. The van der Waals surface area contributed by atoms with Gasteiger partial charge < -0.3 is 5.11 Å². The summed E-state index contributed by atoms with van der Waals surface area (Å²) in [6, 6.07) is 1.91. The quantitative estimate of drug-likeness (QED) is 0.785. The molecule has 0 saturated heterocycles. The van der Waals surface area contributed by atoms with Crippen molar-refractivity contribution in [3.63, 3.8) is 0 Å². The van der Waals surface area contributed by atoms with Gasteiger partial charge in [0.05, 0.1) is 0 Å². The van der Waals surface area contributed by atoms with Crippen molar-refractivity contribution in [2.45, 2.75) is 26.7 Å². The number of carbonyl (C=O) groups is 1. The number of halogens is 1. The highest BCUT2D eigenvalue weighted by Gasteiger charge is 2.08. The van der Waals surface area contributed by atoms with Gasteiger partial charge in [0.25, 0.3) is 0 Å². The van der Waals surface area contributed by atoms with Crippen LogP contribution in [-0.2, 0) is 11.2 Å². The second kappa shape index (κ2) is 4.42. The molecule has 0 saturated carbocycles. The predicted octanol–water partition coefficient (Wildman–Crippen LogP) is 2.37. The van der Waals surface area contributed by atoms with Crippen LogP contribution in [0.25, 0.3) is 0 Å². The molecule has 0 aromatic carbocycles. The maximum Gasteiger partial charge on any atom is 0.303 e. The zero-order chi connectivity index (χ0) is 10.7. The average molecular weight is 214 g/mol. The van der Waals surface area contributed by atoms with Gasteiger partial charge in [-0.3, -0.25) is 4.79 Å². The molecular formula is C10H12ClNO2. The minimum absolute atomic E-state index is 0.0886. The molecule has 0 unspecified atom stereocenters. The van der Waals surface area contributed by atoms with Crippen LogP contribution in [-0.4, -0.2) is 16.1 Å². The Kier molecular flexibility index (Phi) is 3.47. The summed E-state index contributed by atoms with van der Waals surface area (Å²) in [5, 5.41) is 8.97. The number of rotatable bonds is 3. The van der Waals surface area contributed by atoms with Gasteiger partial charge in [-0.25, -0.2) is 4.98 Å². The lowest BCUT2D eigenvalue weighted by Gasteiger charge is -2.07. The Morgan fingerprint density at radius 2 is 2.21 bits per heavy atom. The Morgan fingerprint density at radius 1 is 1.57 bits per heavy atom. The van der Waals surface area contributed by atoms with Crippen molar-refractivity contribution in [2.75, 3.05) is 0 Å². The molecular weight excluding hydrogens is 202 g/mol. The summed E-state index contributed by atoms with van der Waals surface area (Å²) in [5.41, 5.74) is 2.69. The van der Waals surface area contributed by atoms with Gasteiger partial charge in [-0.15, -0.1) is 0 Å². The van der Waals surface area contributed by atoms with Crippen LogP contribution >= 0.6 is 11.6 Å². The molecule has 1 aromatic rings. The van der Waals surface area contributed by atoms with E-state index in [1.54, 1.807) is 0 Å². The van der Waals surface area contributed by atoms with Crippen molar-refractivity contribution in [3.05, 3.63) is 28.0 Å². The van der Waals surface area contributed by atoms with Crippen molar-refractivity contribution < 1.29 is 9.90 Å². The van der Waals surface area contributed by atoms with Crippen LogP contribution in [0.3, 0.4) is 0 Å². The molecule has 0 aliphatic rings. The summed E-state index contributed by atoms with van der Waals surface area (Å²) in [7, 11) is 0. The molecule has 0 radical (unpaired) electrons. The molecule has 1 N–H and O–H groups in total. The third-order valence-corrected chi connectivity index (χ3v) is 2.33. The Labute approximate surface area is 87.7 Å². The summed E-state index contributed by atoms with van der Waals surface area (Å²) >= 11 is 5.91. The molecule has 0 fully saturated rings. The van der Waals surface area contributed by atoms with Crippen LogP contribution in [0.4, 0.5) is 0 Å². The van der Waals surface area contributed by atoms with Crippen molar-refractivity contribution in [1.82, 2.24) is 4.98 Å². The fourth-order valence-electron chi connectivity index (χ4n) is 1.35. The number of aliphatic carboxylic acids is 1. The lowest BCUT2D eigenvalue weighted by Crippen LogP contribution is -2.01. The van der Waals surface area contributed by atoms with Crippen LogP contribution in [0.5, 0.6) is 0 Å². The van der Waals surface area contributed by atoms with E-state index in [1.807, 2.05) is 19.9 Å². The molecule has 4 heteroatoms. The molecule has 3 nitrogen and oxygen atoms in total. The molecule has 0 bridgehead atoms. The molecule has 0 aliphatic heterocycles. The highest BCUT2D eigenvalue weighted by atomic mass is 35.5. The van der Waals surface area contributed by atoms with Crippen molar-refractivity contribution >= 4 is 17.6 Å². The van der Waals surface area contributed by atoms with E-state index in [0.717, 1.165) is 16.8 Å². The highest BCUT2D eigenvalue weighted by molar-refractivity contribution is 6.30. The van der Waals surface area contributed by atoms with Crippen LogP contribution in [0, 0.1) is 13.8 Å². The van der Waals surface area contributed by atoms with Gasteiger partial charge in [0.15, 0.2) is 0 Å². The number of hydrogen-bond donors (Lipinski definition) is 1. The van der Waals surface area contributed by atoms with Crippen LogP contribution in [0.15, 0.2) is 6.07 Å². The molecule has 14 heavy (non-hydrogen) atoms. The van der Waals surface area contributed by atoms with Gasteiger partial charge >= 0.3 is 5.97 Å². The van der Waals surface area contributed by atoms with Crippen LogP contribution < -0.4 is 0 Å². The smallest absolute Gasteiger partial charge is 0.303 e. The number of aryl methyl sites for hydroxylation is 2. The Balaban J connectivity index is 2.91. The number of carboxylic acids is 1. The molecule has 76 valence electrons. The van der Waals surface area contributed by atoms with Crippen LogP contribution in [0.1, 0.15) is 23.2 Å². The molecule has 0 atom stereocenters. The number of pyridine rings is 1. The zero-order valence-corrected chi connectivity index (χ0v) is 8.93. The fraction of sp³-hybridized carbons (Fsp3) is 0.400. The first kappa shape index (κ1) is 11.0. The van der Waals surface area contributed by atoms with Gasteiger partial charge in [-0.05, 0) is 37.5 Å². The highest BCUT2D eigenvalue weighted by Crippen LogP contribution is 2.20. The van der Waals surface area contributed by atoms with E-state index in [-0.39, 0.29) is 6.42 Å². The van der Waals surface area contributed by atoms with Gasteiger partial charge in [0.2, 0.25) is 0 Å². The minimum atomic E-state index is -0.818. The van der Waals surface area contributed by atoms with Gasteiger partial charge in [0, 0.05) is 12.1 Å². The van der Waals surface area contributed by atoms with E-state index in [0.29, 0.717) is 11.6 Å². The lowest BCUT2D eigenvalue weighted by atomic mass is 10.1. The van der Waals surface area contributed by atoms with E-state index in [2.05, 4.69) is 4.98 Å². The molecule has 0 amide bonds. The van der Waals surface area contributed by atoms with Gasteiger partial charge in [0.1, 0.15) is 5.15 Å². The van der Waals surface area contributed by atoms with E-state index in [1.165, 1.54) is 0 Å². The third-order valence-electron chi connectivity index (χ3n) is 2.01. The fourth-order valence-corrected chi connectivity index (χ4v) is 1.73. The second-order valence-corrected chi connectivity index (χ2v) is 3.60. The molecule has 1 aromatic heterocycles.